The third-order valence-electron chi connectivity index (χ3n) is 4.73. The van der Waals surface area contributed by atoms with Crippen molar-refractivity contribution in [2.75, 3.05) is 5.32 Å². The second kappa shape index (κ2) is 6.99. The average molecular weight is 359 g/mol. The van der Waals surface area contributed by atoms with Gasteiger partial charge in [-0.05, 0) is 36.1 Å². The highest BCUT2D eigenvalue weighted by molar-refractivity contribution is 6.06. The van der Waals surface area contributed by atoms with Gasteiger partial charge in [0.15, 0.2) is 5.78 Å². The van der Waals surface area contributed by atoms with Crippen LogP contribution in [-0.2, 0) is 6.42 Å². The van der Waals surface area contributed by atoms with E-state index in [0.29, 0.717) is 29.9 Å². The molecule has 27 heavy (non-hydrogen) atoms. The molecule has 2 heterocycles. The Morgan fingerprint density at radius 3 is 2.56 bits per heavy atom. The Morgan fingerprint density at radius 1 is 1.04 bits per heavy atom. The zero-order valence-corrected chi connectivity index (χ0v) is 14.4. The van der Waals surface area contributed by atoms with Crippen molar-refractivity contribution in [2.24, 2.45) is 0 Å². The third-order valence-corrected chi connectivity index (χ3v) is 4.73. The summed E-state index contributed by atoms with van der Waals surface area (Å²) in [6, 6.07) is 16.2. The summed E-state index contributed by atoms with van der Waals surface area (Å²) in [6.07, 6.45) is 2.45. The first-order chi connectivity index (χ1) is 13.1. The summed E-state index contributed by atoms with van der Waals surface area (Å²) < 4.78 is 0. The maximum atomic E-state index is 12.6. The molecule has 1 amide bonds. The number of H-pyrrole nitrogens is 1. The molecule has 0 radical (unpaired) electrons. The standard InChI is InChI=1S/C21H17N3O3/c25-18-11-14(13-6-2-1-3-7-13)10-17-15(18)12-16(20(26)23-17)21(27)24-19-8-4-5-9-22-19/h1-9,12,14H,10-11H2,(H,23,26)(H,22,24,27)/t14-/m0/s1. The van der Waals surface area contributed by atoms with E-state index in [1.165, 1.54) is 6.07 Å². The Kier molecular flexibility index (Phi) is 4.38. The van der Waals surface area contributed by atoms with E-state index >= 15 is 0 Å². The molecule has 0 unspecified atom stereocenters. The average Bonchev–Trinajstić information content (AvgIpc) is 2.68. The zero-order chi connectivity index (χ0) is 18.8. The van der Waals surface area contributed by atoms with Crippen LogP contribution >= 0.6 is 0 Å². The predicted octanol–water partition coefficient (Wildman–Crippen LogP) is 2.93. The third kappa shape index (κ3) is 3.42. The van der Waals surface area contributed by atoms with Gasteiger partial charge < -0.3 is 10.3 Å². The number of pyridine rings is 2. The number of aromatic nitrogens is 2. The van der Waals surface area contributed by atoms with Crippen LogP contribution in [0.15, 0.2) is 65.6 Å². The molecule has 0 saturated heterocycles. The molecule has 1 aliphatic carbocycles. The topological polar surface area (TPSA) is 91.9 Å². The van der Waals surface area contributed by atoms with E-state index in [2.05, 4.69) is 15.3 Å². The van der Waals surface area contributed by atoms with Crippen molar-refractivity contribution in [1.82, 2.24) is 9.97 Å². The minimum Gasteiger partial charge on any atom is -0.325 e. The second-order valence-electron chi connectivity index (χ2n) is 6.51. The van der Waals surface area contributed by atoms with Crippen molar-refractivity contribution in [1.29, 1.82) is 0 Å². The van der Waals surface area contributed by atoms with Gasteiger partial charge in [-0.25, -0.2) is 4.98 Å². The van der Waals surface area contributed by atoms with E-state index in [1.807, 2.05) is 30.3 Å². The van der Waals surface area contributed by atoms with Gasteiger partial charge in [0.1, 0.15) is 11.4 Å². The number of nitrogens with one attached hydrogen (secondary N) is 2. The second-order valence-corrected chi connectivity index (χ2v) is 6.51. The molecule has 134 valence electrons. The maximum absolute atomic E-state index is 12.6. The summed E-state index contributed by atoms with van der Waals surface area (Å²) in [7, 11) is 0. The van der Waals surface area contributed by atoms with Crippen LogP contribution in [0.2, 0.25) is 0 Å². The number of carbonyl (C=O) groups excluding carboxylic acids is 2. The van der Waals surface area contributed by atoms with Crippen LogP contribution in [-0.4, -0.2) is 21.7 Å². The molecule has 6 nitrogen and oxygen atoms in total. The number of anilines is 1. The predicted molar refractivity (Wildman–Crippen MR) is 101 cm³/mol. The molecule has 2 N–H and O–H groups in total. The number of hydrogen-bond donors (Lipinski definition) is 2. The van der Waals surface area contributed by atoms with Gasteiger partial charge in [-0.2, -0.15) is 0 Å². The van der Waals surface area contributed by atoms with E-state index in [-0.39, 0.29) is 17.3 Å². The number of carbonyl (C=O) groups is 2. The molecule has 1 atom stereocenters. The number of Topliss-reactive ketones (excluding diaryl/α,β-unsaturated/α-hetero) is 1. The number of amides is 1. The Morgan fingerprint density at radius 2 is 1.81 bits per heavy atom. The van der Waals surface area contributed by atoms with E-state index < -0.39 is 11.5 Å². The molecule has 6 heteroatoms. The number of nitrogens with zero attached hydrogens (tertiary/aromatic N) is 1. The van der Waals surface area contributed by atoms with Crippen molar-refractivity contribution >= 4 is 17.5 Å². The molecule has 2 aromatic heterocycles. The smallest absolute Gasteiger partial charge is 0.262 e. The van der Waals surface area contributed by atoms with Crippen molar-refractivity contribution in [2.45, 2.75) is 18.8 Å². The van der Waals surface area contributed by atoms with Gasteiger partial charge in [-0.15, -0.1) is 0 Å². The molecule has 1 aromatic carbocycles. The fraction of sp³-hybridized carbons (Fsp3) is 0.143. The molecule has 4 rings (SSSR count). The minimum absolute atomic E-state index is 0.0232. The van der Waals surface area contributed by atoms with Gasteiger partial charge in [0.25, 0.3) is 11.5 Å². The van der Waals surface area contributed by atoms with Crippen LogP contribution in [0.25, 0.3) is 0 Å². The highest BCUT2D eigenvalue weighted by Crippen LogP contribution is 2.31. The lowest BCUT2D eigenvalue weighted by atomic mass is 9.81. The van der Waals surface area contributed by atoms with Gasteiger partial charge in [0.05, 0.1) is 0 Å². The zero-order valence-electron chi connectivity index (χ0n) is 14.4. The monoisotopic (exact) mass is 359 g/mol. The lowest BCUT2D eigenvalue weighted by Gasteiger charge is -2.24. The Labute approximate surface area is 155 Å². The van der Waals surface area contributed by atoms with Crippen molar-refractivity contribution < 1.29 is 9.59 Å². The summed E-state index contributed by atoms with van der Waals surface area (Å²) in [6.45, 7) is 0. The molecule has 0 fully saturated rings. The van der Waals surface area contributed by atoms with Gasteiger partial charge in [0.2, 0.25) is 0 Å². The van der Waals surface area contributed by atoms with Gasteiger partial charge >= 0.3 is 0 Å². The van der Waals surface area contributed by atoms with E-state index in [9.17, 15) is 14.4 Å². The van der Waals surface area contributed by atoms with E-state index in [1.54, 1.807) is 24.4 Å². The van der Waals surface area contributed by atoms with Crippen LogP contribution in [0.5, 0.6) is 0 Å². The van der Waals surface area contributed by atoms with Crippen molar-refractivity contribution in [3.05, 3.63) is 93.5 Å². The maximum Gasteiger partial charge on any atom is 0.262 e. The fourth-order valence-electron chi connectivity index (χ4n) is 3.38. The molecule has 0 bridgehead atoms. The number of hydrogen-bond acceptors (Lipinski definition) is 4. The van der Waals surface area contributed by atoms with Crippen LogP contribution in [0.4, 0.5) is 5.82 Å². The molecule has 0 saturated carbocycles. The molecule has 1 aliphatic rings. The van der Waals surface area contributed by atoms with Crippen molar-refractivity contribution in [3.63, 3.8) is 0 Å². The summed E-state index contributed by atoms with van der Waals surface area (Å²) in [5.41, 5.74) is 1.45. The molecule has 0 spiro atoms. The highest BCUT2D eigenvalue weighted by Gasteiger charge is 2.28. The quantitative estimate of drug-likeness (QED) is 0.752. The molecule has 0 aliphatic heterocycles. The summed E-state index contributed by atoms with van der Waals surface area (Å²) in [5.74, 6) is -0.297. The summed E-state index contributed by atoms with van der Waals surface area (Å²) >= 11 is 0. The Balaban J connectivity index is 1.64. The number of rotatable bonds is 3. The minimum atomic E-state index is -0.587. The molecule has 3 aromatic rings. The first-order valence-corrected chi connectivity index (χ1v) is 8.68. The van der Waals surface area contributed by atoms with Gasteiger partial charge in [0, 0.05) is 23.9 Å². The van der Waals surface area contributed by atoms with Crippen LogP contribution < -0.4 is 10.9 Å². The van der Waals surface area contributed by atoms with Gasteiger partial charge in [-0.1, -0.05) is 36.4 Å². The number of fused-ring (bicyclic) bond motifs is 1. The Bertz CT molecular complexity index is 1060. The Hall–Kier alpha value is -3.54. The van der Waals surface area contributed by atoms with Crippen molar-refractivity contribution in [3.8, 4) is 0 Å². The van der Waals surface area contributed by atoms with Crippen LogP contribution in [0.3, 0.4) is 0 Å². The molecular formula is C21H17N3O3. The lowest BCUT2D eigenvalue weighted by molar-refractivity contribution is 0.0963. The molecular weight excluding hydrogens is 342 g/mol. The number of ketones is 1. The highest BCUT2D eigenvalue weighted by atomic mass is 16.2. The van der Waals surface area contributed by atoms with E-state index in [4.69, 9.17) is 0 Å². The first kappa shape index (κ1) is 16.9. The van der Waals surface area contributed by atoms with Crippen LogP contribution in [0.1, 0.15) is 44.3 Å². The van der Waals surface area contributed by atoms with Crippen LogP contribution in [0, 0.1) is 0 Å². The van der Waals surface area contributed by atoms with E-state index in [0.717, 1.165) is 5.56 Å². The largest absolute Gasteiger partial charge is 0.325 e. The van der Waals surface area contributed by atoms with Gasteiger partial charge in [-0.3, -0.25) is 14.4 Å². The summed E-state index contributed by atoms with van der Waals surface area (Å²) in [4.78, 5) is 44.2. The normalized spacial score (nSPS) is 15.9. The SMILES string of the molecule is O=C1C[C@@H](c2ccccc2)Cc2[nH]c(=O)c(C(=O)Nc3ccccn3)cc21. The summed E-state index contributed by atoms with van der Waals surface area (Å²) in [5, 5.41) is 2.57. The lowest BCUT2D eigenvalue weighted by Crippen LogP contribution is -2.29. The first-order valence-electron chi connectivity index (χ1n) is 8.68. The number of aromatic amines is 1. The number of benzene rings is 1. The fourth-order valence-corrected chi connectivity index (χ4v) is 3.38.